The first-order valence-corrected chi connectivity index (χ1v) is 13.4. The van der Waals surface area contributed by atoms with E-state index in [1.165, 1.54) is 64.2 Å². The second kappa shape index (κ2) is 15.1. The molecule has 1 aliphatic rings. The molecule has 1 heterocycles. The van der Waals surface area contributed by atoms with Crippen LogP contribution in [-0.2, 0) is 19.1 Å². The van der Waals surface area contributed by atoms with Crippen molar-refractivity contribution in [3.8, 4) is 0 Å². The number of ether oxygens (including phenoxy) is 1. The third kappa shape index (κ3) is 7.67. The smallest absolute Gasteiger partial charge is 0.190 e. The molecule has 34 heavy (non-hydrogen) atoms. The van der Waals surface area contributed by atoms with Crippen LogP contribution in [-0.4, -0.2) is 62.2 Å². The van der Waals surface area contributed by atoms with Crippen LogP contribution in [0.2, 0.25) is 0 Å². The van der Waals surface area contributed by atoms with Crippen LogP contribution in [0.4, 0.5) is 0 Å². The summed E-state index contributed by atoms with van der Waals surface area (Å²) < 4.78 is 5.64. The van der Waals surface area contributed by atoms with Gasteiger partial charge in [0.15, 0.2) is 28.6 Å². The first-order valence-electron chi connectivity index (χ1n) is 13.4. The van der Waals surface area contributed by atoms with E-state index in [0.717, 1.165) is 40.0 Å². The fourth-order valence-corrected chi connectivity index (χ4v) is 5.12. The predicted octanol–water partition coefficient (Wildman–Crippen LogP) is 4.22. The average molecular weight is 485 g/mol. The van der Waals surface area contributed by atoms with Crippen molar-refractivity contribution in [3.63, 3.8) is 0 Å². The van der Waals surface area contributed by atoms with E-state index in [4.69, 9.17) is 4.74 Å². The quantitative estimate of drug-likeness (QED) is 0.235. The van der Waals surface area contributed by atoms with Crippen molar-refractivity contribution in [1.29, 1.82) is 0 Å². The van der Waals surface area contributed by atoms with E-state index in [1.807, 2.05) is 0 Å². The van der Waals surface area contributed by atoms with E-state index in [2.05, 4.69) is 6.92 Å². The van der Waals surface area contributed by atoms with E-state index in [-0.39, 0.29) is 6.42 Å². The molecule has 1 aliphatic heterocycles. The average Bonchev–Trinajstić information content (AvgIpc) is 3.02. The SMILES string of the molecule is CCCCCCCCCCCCCCCCC1O[C@H](C(O)C(C)=O)[C@](O)(C(C)=O)[C@]1(O)C(C)=O. The van der Waals surface area contributed by atoms with E-state index in [1.54, 1.807) is 0 Å². The van der Waals surface area contributed by atoms with Gasteiger partial charge in [0.1, 0.15) is 12.2 Å². The molecule has 7 heteroatoms. The first-order chi connectivity index (χ1) is 16.0. The molecule has 0 aromatic heterocycles. The maximum Gasteiger partial charge on any atom is 0.190 e. The number of ketones is 3. The lowest BCUT2D eigenvalue weighted by Gasteiger charge is -2.38. The Labute approximate surface area is 205 Å². The van der Waals surface area contributed by atoms with Crippen molar-refractivity contribution in [1.82, 2.24) is 0 Å². The molecule has 1 rings (SSSR count). The summed E-state index contributed by atoms with van der Waals surface area (Å²) >= 11 is 0. The van der Waals surface area contributed by atoms with Crippen LogP contribution in [0, 0.1) is 0 Å². The summed E-state index contributed by atoms with van der Waals surface area (Å²) in [7, 11) is 0. The lowest BCUT2D eigenvalue weighted by molar-refractivity contribution is -0.182. The first kappa shape index (κ1) is 30.9. The largest absolute Gasteiger partial charge is 0.382 e. The van der Waals surface area contributed by atoms with E-state index < -0.39 is 46.9 Å². The number of Topliss-reactive ketones (excluding diaryl/α,β-unsaturated/α-hetero) is 3. The molecule has 0 amide bonds. The fraction of sp³-hybridized carbons (Fsp3) is 0.889. The van der Waals surface area contributed by atoms with Gasteiger partial charge >= 0.3 is 0 Å². The van der Waals surface area contributed by atoms with Crippen molar-refractivity contribution in [2.24, 2.45) is 0 Å². The van der Waals surface area contributed by atoms with E-state index in [0.29, 0.717) is 6.42 Å². The number of hydrogen-bond acceptors (Lipinski definition) is 7. The van der Waals surface area contributed by atoms with Crippen LogP contribution in [0.5, 0.6) is 0 Å². The van der Waals surface area contributed by atoms with Crippen molar-refractivity contribution >= 4 is 17.3 Å². The van der Waals surface area contributed by atoms with Gasteiger partial charge in [-0.2, -0.15) is 0 Å². The number of carbonyl (C=O) groups excluding carboxylic acids is 3. The minimum Gasteiger partial charge on any atom is -0.382 e. The summed E-state index contributed by atoms with van der Waals surface area (Å²) in [6, 6.07) is 0. The highest BCUT2D eigenvalue weighted by molar-refractivity contribution is 6.00. The highest BCUT2D eigenvalue weighted by Crippen LogP contribution is 2.44. The number of hydrogen-bond donors (Lipinski definition) is 3. The van der Waals surface area contributed by atoms with Gasteiger partial charge in [-0.05, 0) is 27.2 Å². The van der Waals surface area contributed by atoms with Gasteiger partial charge in [0, 0.05) is 0 Å². The molecule has 3 N–H and O–H groups in total. The van der Waals surface area contributed by atoms with Gasteiger partial charge in [0.05, 0.1) is 6.10 Å². The number of aliphatic hydroxyl groups is 3. The Balaban J connectivity index is 2.43. The van der Waals surface area contributed by atoms with Gasteiger partial charge in [0.2, 0.25) is 0 Å². The zero-order valence-electron chi connectivity index (χ0n) is 21.8. The van der Waals surface area contributed by atoms with Crippen LogP contribution in [0.15, 0.2) is 0 Å². The lowest BCUT2D eigenvalue weighted by Crippen LogP contribution is -2.68. The van der Waals surface area contributed by atoms with Gasteiger partial charge in [0.25, 0.3) is 0 Å². The van der Waals surface area contributed by atoms with Gasteiger partial charge in [-0.15, -0.1) is 0 Å². The molecule has 0 spiro atoms. The molecule has 7 nitrogen and oxygen atoms in total. The van der Waals surface area contributed by atoms with Crippen LogP contribution in [0.3, 0.4) is 0 Å². The molecule has 0 bridgehead atoms. The Kier molecular flexibility index (Phi) is 13.7. The Hall–Kier alpha value is -1.15. The summed E-state index contributed by atoms with van der Waals surface area (Å²) in [5, 5.41) is 32.4. The molecule has 1 fully saturated rings. The molecule has 0 aromatic rings. The van der Waals surface area contributed by atoms with Gasteiger partial charge < -0.3 is 20.1 Å². The van der Waals surface area contributed by atoms with Crippen molar-refractivity contribution in [2.45, 2.75) is 154 Å². The van der Waals surface area contributed by atoms with Crippen LogP contribution < -0.4 is 0 Å². The highest BCUT2D eigenvalue weighted by Gasteiger charge is 2.72. The molecule has 2 unspecified atom stereocenters. The zero-order chi connectivity index (χ0) is 25.8. The minimum absolute atomic E-state index is 0.241. The van der Waals surface area contributed by atoms with Gasteiger partial charge in [-0.3, -0.25) is 14.4 Å². The Bertz CT molecular complexity index is 649. The van der Waals surface area contributed by atoms with Crippen LogP contribution in [0.1, 0.15) is 124 Å². The molecule has 0 saturated carbocycles. The third-order valence-electron chi connectivity index (χ3n) is 7.37. The summed E-state index contributed by atoms with van der Waals surface area (Å²) in [6.45, 7) is 5.44. The lowest BCUT2D eigenvalue weighted by atomic mass is 9.71. The minimum atomic E-state index is -2.68. The molecular formula is C27H48O7. The van der Waals surface area contributed by atoms with Crippen molar-refractivity contribution < 1.29 is 34.4 Å². The second-order valence-corrected chi connectivity index (χ2v) is 10.1. The summed E-state index contributed by atoms with van der Waals surface area (Å²) in [4.78, 5) is 36.4. The standard InChI is InChI=1S/C27H48O7/c1-5-6-7-8-9-10-11-12-13-14-15-16-17-18-19-23-26(32,21(3)29)27(33,22(4)30)25(34-23)24(31)20(2)28/h23-25,31-33H,5-19H2,1-4H3/t23?,24?,25-,26+,27-/m1/s1. The summed E-state index contributed by atoms with van der Waals surface area (Å²) in [6.07, 6.45) is 12.2. The highest BCUT2D eigenvalue weighted by atomic mass is 16.6. The van der Waals surface area contributed by atoms with Crippen LogP contribution >= 0.6 is 0 Å². The maximum absolute atomic E-state index is 12.4. The topological polar surface area (TPSA) is 121 Å². The molecule has 5 atom stereocenters. The summed E-state index contributed by atoms with van der Waals surface area (Å²) in [5.41, 5.74) is -5.18. The monoisotopic (exact) mass is 484 g/mol. The number of rotatable bonds is 19. The molecule has 0 aromatic carbocycles. The molecule has 0 aliphatic carbocycles. The van der Waals surface area contributed by atoms with E-state index >= 15 is 0 Å². The second-order valence-electron chi connectivity index (χ2n) is 10.1. The Morgan fingerprint density at radius 3 is 1.44 bits per heavy atom. The number of aliphatic hydroxyl groups excluding tert-OH is 1. The Morgan fingerprint density at radius 1 is 0.706 bits per heavy atom. The van der Waals surface area contributed by atoms with Crippen molar-refractivity contribution in [3.05, 3.63) is 0 Å². The summed E-state index contributed by atoms with van der Waals surface area (Å²) in [5.74, 6) is -2.45. The van der Waals surface area contributed by atoms with Gasteiger partial charge in [-0.25, -0.2) is 0 Å². The molecule has 1 saturated heterocycles. The third-order valence-corrected chi connectivity index (χ3v) is 7.37. The molecular weight excluding hydrogens is 436 g/mol. The number of carbonyl (C=O) groups is 3. The van der Waals surface area contributed by atoms with Crippen molar-refractivity contribution in [2.75, 3.05) is 0 Å². The predicted molar refractivity (Wildman–Crippen MR) is 132 cm³/mol. The number of unbranched alkanes of at least 4 members (excludes halogenated alkanes) is 13. The molecule has 198 valence electrons. The van der Waals surface area contributed by atoms with Gasteiger partial charge in [-0.1, -0.05) is 96.8 Å². The van der Waals surface area contributed by atoms with E-state index in [9.17, 15) is 29.7 Å². The van der Waals surface area contributed by atoms with Crippen LogP contribution in [0.25, 0.3) is 0 Å². The maximum atomic E-state index is 12.4. The fourth-order valence-electron chi connectivity index (χ4n) is 5.12. The molecule has 0 radical (unpaired) electrons. The zero-order valence-corrected chi connectivity index (χ0v) is 21.8. The normalized spacial score (nSPS) is 27.6. The Morgan fingerprint density at radius 2 is 1.09 bits per heavy atom.